The molecule has 0 saturated carbocycles. The Morgan fingerprint density at radius 3 is 2.67 bits per heavy atom. The summed E-state index contributed by atoms with van der Waals surface area (Å²) in [5.74, 6) is 0.588. The van der Waals surface area contributed by atoms with Crippen molar-refractivity contribution in [2.45, 2.75) is 6.54 Å². The third-order valence-corrected chi connectivity index (χ3v) is 2.02. The van der Waals surface area contributed by atoms with Crippen LogP contribution in [0, 0.1) is 0 Å². The molecule has 3 N–H and O–H groups in total. The molecule has 0 atom stereocenters. The van der Waals surface area contributed by atoms with Gasteiger partial charge in [0.05, 0.1) is 6.54 Å². The van der Waals surface area contributed by atoms with Gasteiger partial charge in [-0.25, -0.2) is 0 Å². The van der Waals surface area contributed by atoms with E-state index in [2.05, 4.69) is 15.5 Å². The lowest BCUT2D eigenvalue weighted by molar-refractivity contribution is 0.384. The number of aromatic nitrogens is 2. The Balaban J connectivity index is 1.96. The fourth-order valence-electron chi connectivity index (χ4n) is 1.09. The predicted octanol–water partition coefficient (Wildman–Crippen LogP) is 1.92. The van der Waals surface area contributed by atoms with E-state index in [9.17, 15) is 0 Å². The molecule has 1 aromatic heterocycles. The first kappa shape index (κ1) is 9.79. The van der Waals surface area contributed by atoms with Gasteiger partial charge < -0.3 is 15.6 Å². The second-order valence-corrected chi connectivity index (χ2v) is 3.34. The largest absolute Gasteiger partial charge is 0.376 e. The fourth-order valence-corrected chi connectivity index (χ4v) is 1.21. The average molecular weight is 225 g/mol. The number of rotatable bonds is 3. The van der Waals surface area contributed by atoms with Crippen LogP contribution in [0.4, 0.5) is 11.6 Å². The standard InChI is InChI=1S/C9H9ClN4O/c10-6-1-3-7(4-2-6)12-5-8-13-9(11)14-15-8/h1-4,12H,5H2,(H2,11,14). The van der Waals surface area contributed by atoms with E-state index in [1.54, 1.807) is 12.1 Å². The predicted molar refractivity (Wildman–Crippen MR) is 57.5 cm³/mol. The summed E-state index contributed by atoms with van der Waals surface area (Å²) in [7, 11) is 0. The summed E-state index contributed by atoms with van der Waals surface area (Å²) in [6, 6.07) is 7.32. The number of halogens is 1. The molecule has 0 aliphatic heterocycles. The van der Waals surface area contributed by atoms with Gasteiger partial charge in [-0.05, 0) is 29.4 Å². The van der Waals surface area contributed by atoms with E-state index < -0.39 is 0 Å². The van der Waals surface area contributed by atoms with Gasteiger partial charge in [-0.2, -0.15) is 4.98 Å². The molecule has 0 aliphatic carbocycles. The number of nitrogens with one attached hydrogen (secondary N) is 1. The van der Waals surface area contributed by atoms with Crippen molar-refractivity contribution in [1.29, 1.82) is 0 Å². The van der Waals surface area contributed by atoms with E-state index in [4.69, 9.17) is 21.9 Å². The average Bonchev–Trinajstić information content (AvgIpc) is 2.64. The minimum absolute atomic E-state index is 0.142. The molecule has 1 aromatic carbocycles. The van der Waals surface area contributed by atoms with E-state index >= 15 is 0 Å². The van der Waals surface area contributed by atoms with Crippen LogP contribution in [0.15, 0.2) is 28.8 Å². The molecule has 2 rings (SSSR count). The summed E-state index contributed by atoms with van der Waals surface area (Å²) in [4.78, 5) is 3.85. The molecule has 2 aromatic rings. The van der Waals surface area contributed by atoms with Crippen molar-refractivity contribution < 1.29 is 4.52 Å². The van der Waals surface area contributed by atoms with Gasteiger partial charge in [0.1, 0.15) is 0 Å². The third-order valence-electron chi connectivity index (χ3n) is 1.77. The molecule has 78 valence electrons. The fraction of sp³-hybridized carbons (Fsp3) is 0.111. The normalized spacial score (nSPS) is 10.2. The number of anilines is 2. The molecule has 0 fully saturated rings. The van der Waals surface area contributed by atoms with Gasteiger partial charge in [-0.15, -0.1) is 0 Å². The SMILES string of the molecule is Nc1noc(CNc2ccc(Cl)cc2)n1. The number of hydrogen-bond acceptors (Lipinski definition) is 5. The molecule has 0 spiro atoms. The number of benzene rings is 1. The van der Waals surface area contributed by atoms with Crippen LogP contribution in [-0.4, -0.2) is 10.1 Å². The van der Waals surface area contributed by atoms with Crippen molar-refractivity contribution >= 4 is 23.2 Å². The highest BCUT2D eigenvalue weighted by molar-refractivity contribution is 6.30. The van der Waals surface area contributed by atoms with E-state index in [1.807, 2.05) is 12.1 Å². The molecule has 0 aliphatic rings. The van der Waals surface area contributed by atoms with Gasteiger partial charge in [0, 0.05) is 10.7 Å². The number of nitrogens with two attached hydrogens (primary N) is 1. The Morgan fingerprint density at radius 1 is 1.33 bits per heavy atom. The molecule has 0 radical (unpaired) electrons. The molecule has 15 heavy (non-hydrogen) atoms. The summed E-state index contributed by atoms with van der Waals surface area (Å²) < 4.78 is 4.84. The zero-order valence-electron chi connectivity index (χ0n) is 7.77. The Kier molecular flexibility index (Phi) is 2.73. The van der Waals surface area contributed by atoms with E-state index in [-0.39, 0.29) is 5.95 Å². The molecule has 0 bridgehead atoms. The Labute approximate surface area is 91.2 Å². The van der Waals surface area contributed by atoms with Gasteiger partial charge in [0.15, 0.2) is 0 Å². The zero-order chi connectivity index (χ0) is 10.7. The van der Waals surface area contributed by atoms with Crippen LogP contribution < -0.4 is 11.1 Å². The van der Waals surface area contributed by atoms with Crippen molar-refractivity contribution in [3.63, 3.8) is 0 Å². The molecule has 0 saturated heterocycles. The molecule has 5 nitrogen and oxygen atoms in total. The number of nitrogens with zero attached hydrogens (tertiary/aromatic N) is 2. The molecule has 1 heterocycles. The summed E-state index contributed by atoms with van der Waals surface area (Å²) >= 11 is 5.75. The first-order valence-electron chi connectivity index (χ1n) is 4.31. The lowest BCUT2D eigenvalue weighted by atomic mass is 10.3. The molecular weight excluding hydrogens is 216 g/mol. The monoisotopic (exact) mass is 224 g/mol. The van der Waals surface area contributed by atoms with Crippen LogP contribution in [-0.2, 0) is 6.54 Å². The minimum Gasteiger partial charge on any atom is -0.376 e. The number of hydrogen-bond donors (Lipinski definition) is 2. The van der Waals surface area contributed by atoms with Gasteiger partial charge in [-0.3, -0.25) is 0 Å². The van der Waals surface area contributed by atoms with Gasteiger partial charge in [0.25, 0.3) is 5.95 Å². The van der Waals surface area contributed by atoms with Crippen molar-refractivity contribution in [3.8, 4) is 0 Å². The quantitative estimate of drug-likeness (QED) is 0.833. The van der Waals surface area contributed by atoms with Gasteiger partial charge >= 0.3 is 0 Å². The minimum atomic E-state index is 0.142. The Bertz CT molecular complexity index is 440. The molecular formula is C9H9ClN4O. The van der Waals surface area contributed by atoms with Crippen LogP contribution in [0.3, 0.4) is 0 Å². The lowest BCUT2D eigenvalue weighted by Crippen LogP contribution is -1.99. The highest BCUT2D eigenvalue weighted by Crippen LogP contribution is 2.14. The van der Waals surface area contributed by atoms with Crippen molar-refractivity contribution in [2.24, 2.45) is 0 Å². The van der Waals surface area contributed by atoms with Crippen LogP contribution >= 0.6 is 11.6 Å². The first-order chi connectivity index (χ1) is 7.24. The molecule has 6 heteroatoms. The highest BCUT2D eigenvalue weighted by Gasteiger charge is 2.01. The van der Waals surface area contributed by atoms with Crippen LogP contribution in [0.5, 0.6) is 0 Å². The van der Waals surface area contributed by atoms with E-state index in [0.717, 1.165) is 5.69 Å². The maximum absolute atomic E-state index is 5.75. The van der Waals surface area contributed by atoms with Crippen molar-refractivity contribution in [2.75, 3.05) is 11.1 Å². The Morgan fingerprint density at radius 2 is 2.07 bits per heavy atom. The second kappa shape index (κ2) is 4.18. The van der Waals surface area contributed by atoms with E-state index in [1.165, 1.54) is 0 Å². The van der Waals surface area contributed by atoms with E-state index in [0.29, 0.717) is 17.5 Å². The highest BCUT2D eigenvalue weighted by atomic mass is 35.5. The van der Waals surface area contributed by atoms with Crippen molar-refractivity contribution in [3.05, 3.63) is 35.2 Å². The number of nitrogen functional groups attached to an aromatic ring is 1. The summed E-state index contributed by atoms with van der Waals surface area (Å²) in [5, 5.41) is 7.26. The third kappa shape index (κ3) is 2.60. The maximum atomic E-state index is 5.75. The Hall–Kier alpha value is -1.75. The first-order valence-corrected chi connectivity index (χ1v) is 4.69. The second-order valence-electron chi connectivity index (χ2n) is 2.91. The summed E-state index contributed by atoms with van der Waals surface area (Å²) in [6.07, 6.45) is 0. The van der Waals surface area contributed by atoms with Crippen molar-refractivity contribution in [1.82, 2.24) is 10.1 Å². The molecule has 0 unspecified atom stereocenters. The van der Waals surface area contributed by atoms with Gasteiger partial charge in [0.2, 0.25) is 5.89 Å². The van der Waals surface area contributed by atoms with Crippen LogP contribution in [0.1, 0.15) is 5.89 Å². The van der Waals surface area contributed by atoms with Crippen LogP contribution in [0.2, 0.25) is 5.02 Å². The zero-order valence-corrected chi connectivity index (χ0v) is 8.53. The summed E-state index contributed by atoms with van der Waals surface area (Å²) in [5.41, 5.74) is 6.23. The smallest absolute Gasteiger partial charge is 0.260 e. The summed E-state index contributed by atoms with van der Waals surface area (Å²) in [6.45, 7) is 0.436. The maximum Gasteiger partial charge on any atom is 0.260 e. The lowest BCUT2D eigenvalue weighted by Gasteiger charge is -2.02. The van der Waals surface area contributed by atoms with Crippen LogP contribution in [0.25, 0.3) is 0 Å². The van der Waals surface area contributed by atoms with Gasteiger partial charge in [-0.1, -0.05) is 11.6 Å². The topological polar surface area (TPSA) is 77.0 Å². The molecule has 0 amide bonds.